The van der Waals surface area contributed by atoms with E-state index < -0.39 is 5.82 Å². The first kappa shape index (κ1) is 32.4. The van der Waals surface area contributed by atoms with Crippen molar-refractivity contribution in [1.82, 2.24) is 29.0 Å². The number of aromatic nitrogens is 5. The van der Waals surface area contributed by atoms with Gasteiger partial charge in [-0.3, -0.25) is 9.69 Å². The predicted molar refractivity (Wildman–Crippen MR) is 190 cm³/mol. The average molecular weight is 713 g/mol. The molecule has 0 aliphatic carbocycles. The highest BCUT2D eigenvalue weighted by molar-refractivity contribution is 6.33. The van der Waals surface area contributed by atoms with E-state index in [2.05, 4.69) is 26.0 Å². The topological polar surface area (TPSA) is 98.8 Å². The van der Waals surface area contributed by atoms with Crippen LogP contribution >= 0.6 is 23.2 Å². The number of ether oxygens (including phenoxy) is 2. The monoisotopic (exact) mass is 711 g/mol. The van der Waals surface area contributed by atoms with Crippen molar-refractivity contribution in [3.05, 3.63) is 124 Å². The molecular weight excluding hydrogens is 680 g/mol. The van der Waals surface area contributed by atoms with Gasteiger partial charge >= 0.3 is 0 Å². The quantitative estimate of drug-likeness (QED) is 0.158. The van der Waals surface area contributed by atoms with Crippen LogP contribution in [0.1, 0.15) is 40.3 Å². The summed E-state index contributed by atoms with van der Waals surface area (Å²) in [5, 5.41) is 8.00. The van der Waals surface area contributed by atoms with Crippen LogP contribution in [0.4, 0.5) is 10.1 Å². The number of amides is 1. The summed E-state index contributed by atoms with van der Waals surface area (Å²) in [6.07, 6.45) is 7.43. The fourth-order valence-electron chi connectivity index (χ4n) is 6.26. The normalized spacial score (nSPS) is 16.4. The number of rotatable bonds is 10. The van der Waals surface area contributed by atoms with Crippen molar-refractivity contribution in [3.8, 4) is 5.88 Å². The second-order valence-electron chi connectivity index (χ2n) is 12.4. The van der Waals surface area contributed by atoms with Gasteiger partial charge in [-0.15, -0.1) is 0 Å². The van der Waals surface area contributed by atoms with Crippen molar-refractivity contribution in [1.29, 1.82) is 0 Å². The molecule has 13 heteroatoms. The summed E-state index contributed by atoms with van der Waals surface area (Å²) in [5.41, 5.74) is 5.99. The van der Waals surface area contributed by atoms with Gasteiger partial charge in [-0.2, -0.15) is 5.10 Å². The maximum atomic E-state index is 14.2. The first-order chi connectivity index (χ1) is 24.4. The van der Waals surface area contributed by atoms with Crippen LogP contribution in [0.25, 0.3) is 22.1 Å². The van der Waals surface area contributed by atoms with Crippen LogP contribution in [0.5, 0.6) is 5.88 Å². The minimum atomic E-state index is -0.407. The second kappa shape index (κ2) is 13.8. The molecule has 2 aliphatic heterocycles. The lowest BCUT2D eigenvalue weighted by molar-refractivity contribution is -0.0591. The Kier molecular flexibility index (Phi) is 8.96. The fraction of sp³-hybridized carbons (Fsp3) is 0.243. The Morgan fingerprint density at radius 3 is 2.76 bits per heavy atom. The molecule has 6 heterocycles. The summed E-state index contributed by atoms with van der Waals surface area (Å²) in [6, 6.07) is 19.4. The summed E-state index contributed by atoms with van der Waals surface area (Å²) < 4.78 is 29.7. The molecule has 6 aromatic rings. The Hall–Kier alpha value is -4.81. The maximum Gasteiger partial charge on any atom is 0.255 e. The highest BCUT2D eigenvalue weighted by Gasteiger charge is 2.24. The fourth-order valence-corrected chi connectivity index (χ4v) is 6.60. The van der Waals surface area contributed by atoms with Crippen molar-refractivity contribution >= 4 is 56.9 Å². The Balaban J connectivity index is 0.962. The zero-order chi connectivity index (χ0) is 34.2. The van der Waals surface area contributed by atoms with Crippen LogP contribution in [0.2, 0.25) is 10.0 Å². The number of fused-ring (bicyclic) bond motifs is 2. The van der Waals surface area contributed by atoms with Gasteiger partial charge in [-0.1, -0.05) is 41.4 Å². The molecule has 4 aromatic heterocycles. The number of nitrogens with one attached hydrogen (secondary N) is 1. The van der Waals surface area contributed by atoms with Crippen molar-refractivity contribution in [2.75, 3.05) is 25.0 Å². The lowest BCUT2D eigenvalue weighted by Crippen LogP contribution is -2.33. The molecule has 1 fully saturated rings. The molecule has 1 saturated heterocycles. The molecule has 254 valence electrons. The lowest BCUT2D eigenvalue weighted by atomic mass is 10.0. The summed E-state index contributed by atoms with van der Waals surface area (Å²) >= 11 is 12.1. The van der Waals surface area contributed by atoms with Gasteiger partial charge in [0.1, 0.15) is 18.2 Å². The minimum Gasteiger partial charge on any atom is -0.473 e. The number of nitrogens with zero attached hydrogens (tertiary/aromatic N) is 6. The Morgan fingerprint density at radius 1 is 1.06 bits per heavy atom. The summed E-state index contributed by atoms with van der Waals surface area (Å²) in [7, 11) is 0. The number of carbonyl (C=O) groups is 1. The van der Waals surface area contributed by atoms with Crippen LogP contribution in [0.3, 0.4) is 0 Å². The average Bonchev–Trinajstić information content (AvgIpc) is 3.64. The standard InChI is InChI=1S/C37H32Cl2FN7O3/c38-26-5-4-25(30(40)17-26)22-50-36-3-1-2-31(44-36)23-8-12-45(13-9-23)21-35-43-32-18-27(6-7-33(32)46(35)20-28-11-15-49-28)42-37(48)24-10-14-47-34(16-24)29(39)19-41-47/h1-8,10,14,16-19,28H,9,11-13,15,20-22H2,(H,42,48). The zero-order valence-electron chi connectivity index (χ0n) is 26.9. The van der Waals surface area contributed by atoms with E-state index in [0.717, 1.165) is 67.2 Å². The lowest BCUT2D eigenvalue weighted by Gasteiger charge is -2.29. The molecule has 0 saturated carbocycles. The molecular formula is C37H32Cl2FN7O3. The molecule has 0 spiro atoms. The van der Waals surface area contributed by atoms with E-state index in [4.69, 9.17) is 42.6 Å². The van der Waals surface area contributed by atoms with Crippen LogP contribution in [0, 0.1) is 5.82 Å². The Labute approximate surface area is 297 Å². The van der Waals surface area contributed by atoms with Gasteiger partial charge in [-0.25, -0.2) is 18.9 Å². The first-order valence-electron chi connectivity index (χ1n) is 16.4. The summed E-state index contributed by atoms with van der Waals surface area (Å²) in [6.45, 7) is 3.76. The van der Waals surface area contributed by atoms with Gasteiger partial charge in [0, 0.05) is 53.8 Å². The van der Waals surface area contributed by atoms with Crippen LogP contribution in [-0.2, 0) is 24.4 Å². The number of carbonyl (C=O) groups excluding carboxylic acids is 1. The third-order valence-corrected chi connectivity index (χ3v) is 9.63. The summed E-state index contributed by atoms with van der Waals surface area (Å²) in [5.74, 6) is 0.728. The third kappa shape index (κ3) is 6.82. The molecule has 10 nitrogen and oxygen atoms in total. The van der Waals surface area contributed by atoms with Crippen molar-refractivity contribution < 1.29 is 18.7 Å². The third-order valence-electron chi connectivity index (χ3n) is 9.10. The minimum absolute atomic E-state index is 0.0604. The highest BCUT2D eigenvalue weighted by atomic mass is 35.5. The molecule has 1 unspecified atom stereocenters. The Morgan fingerprint density at radius 2 is 1.96 bits per heavy atom. The first-order valence-corrected chi connectivity index (χ1v) is 17.1. The largest absolute Gasteiger partial charge is 0.473 e. The molecule has 2 aromatic carbocycles. The molecule has 8 rings (SSSR count). The number of benzene rings is 2. The smallest absolute Gasteiger partial charge is 0.255 e. The number of imidazole rings is 1. The van der Waals surface area contributed by atoms with E-state index in [1.807, 2.05) is 30.3 Å². The number of hydrogen-bond acceptors (Lipinski definition) is 7. The van der Waals surface area contributed by atoms with Crippen LogP contribution in [-0.4, -0.2) is 60.8 Å². The number of anilines is 1. The van der Waals surface area contributed by atoms with E-state index in [1.165, 1.54) is 6.07 Å². The zero-order valence-corrected chi connectivity index (χ0v) is 28.4. The van der Waals surface area contributed by atoms with Crippen molar-refractivity contribution in [2.24, 2.45) is 0 Å². The molecule has 2 aliphatic rings. The molecule has 0 radical (unpaired) electrons. The molecule has 1 atom stereocenters. The van der Waals surface area contributed by atoms with Gasteiger partial charge in [0.05, 0.1) is 52.7 Å². The van der Waals surface area contributed by atoms with Crippen molar-refractivity contribution in [2.45, 2.75) is 38.6 Å². The van der Waals surface area contributed by atoms with Crippen molar-refractivity contribution in [3.63, 3.8) is 0 Å². The van der Waals surface area contributed by atoms with Gasteiger partial charge in [-0.05, 0) is 66.9 Å². The van der Waals surface area contributed by atoms with Crippen LogP contribution in [0.15, 0.2) is 85.2 Å². The van der Waals surface area contributed by atoms with E-state index in [0.29, 0.717) is 44.8 Å². The van der Waals surface area contributed by atoms with E-state index >= 15 is 0 Å². The van der Waals surface area contributed by atoms with Gasteiger partial charge < -0.3 is 19.4 Å². The van der Waals surface area contributed by atoms with Gasteiger partial charge in [0.15, 0.2) is 0 Å². The second-order valence-corrected chi connectivity index (χ2v) is 13.3. The van der Waals surface area contributed by atoms with E-state index in [-0.39, 0.29) is 18.6 Å². The predicted octanol–water partition coefficient (Wildman–Crippen LogP) is 7.43. The Bertz CT molecular complexity index is 2270. The van der Waals surface area contributed by atoms with E-state index in [9.17, 15) is 9.18 Å². The summed E-state index contributed by atoms with van der Waals surface area (Å²) in [4.78, 5) is 25.2. The van der Waals surface area contributed by atoms with Gasteiger partial charge in [0.2, 0.25) is 5.88 Å². The number of pyridine rings is 2. The number of halogens is 3. The van der Waals surface area contributed by atoms with Crippen LogP contribution < -0.4 is 10.1 Å². The SMILES string of the molecule is O=C(Nc1ccc2c(c1)nc(CN1CC=C(c3cccc(OCc4ccc(Cl)cc4F)n3)CC1)n2CC1CCO1)c1ccn2ncc(Cl)c2c1. The molecule has 1 N–H and O–H groups in total. The molecule has 0 bridgehead atoms. The molecule has 50 heavy (non-hydrogen) atoms. The number of hydrogen-bond donors (Lipinski definition) is 1. The highest BCUT2D eigenvalue weighted by Crippen LogP contribution is 2.28. The van der Waals surface area contributed by atoms with Gasteiger partial charge in [0.25, 0.3) is 5.91 Å². The molecule has 1 amide bonds. The van der Waals surface area contributed by atoms with E-state index in [1.54, 1.807) is 47.2 Å². The maximum absolute atomic E-state index is 14.2.